The van der Waals surface area contributed by atoms with Crippen molar-refractivity contribution >= 4 is 32.7 Å². The predicted molar refractivity (Wildman–Crippen MR) is 213 cm³/mol. The molecule has 1 aliphatic carbocycles. The number of hydrogen-bond acceptors (Lipinski definition) is 7. The van der Waals surface area contributed by atoms with Gasteiger partial charge in [-0.15, -0.1) is 0 Å². The molecule has 0 spiro atoms. The molecule has 0 amide bonds. The van der Waals surface area contributed by atoms with Crippen molar-refractivity contribution in [1.29, 1.82) is 0 Å². The van der Waals surface area contributed by atoms with Gasteiger partial charge in [0.1, 0.15) is 5.82 Å². The Kier molecular flexibility index (Phi) is 7.83. The van der Waals surface area contributed by atoms with Gasteiger partial charge in [0.2, 0.25) is 11.9 Å². The van der Waals surface area contributed by atoms with E-state index < -0.39 is 0 Å². The molecule has 0 bridgehead atoms. The van der Waals surface area contributed by atoms with Crippen LogP contribution in [-0.4, -0.2) is 44.0 Å². The molecule has 10 rings (SSSR count). The Balaban J connectivity index is 1.28. The first-order valence-corrected chi connectivity index (χ1v) is 18.4. The van der Waals surface area contributed by atoms with Gasteiger partial charge in [-0.05, 0) is 78.4 Å². The molecule has 260 valence electrons. The van der Waals surface area contributed by atoms with Crippen molar-refractivity contribution in [3.05, 3.63) is 163 Å². The van der Waals surface area contributed by atoms with E-state index in [1.807, 2.05) is 12.1 Å². The zero-order valence-corrected chi connectivity index (χ0v) is 29.7. The lowest BCUT2D eigenvalue weighted by atomic mass is 9.91. The van der Waals surface area contributed by atoms with Gasteiger partial charge in [0.05, 0.1) is 16.6 Å². The van der Waals surface area contributed by atoms with Crippen molar-refractivity contribution in [2.75, 3.05) is 0 Å². The molecule has 0 fully saturated rings. The van der Waals surface area contributed by atoms with E-state index in [0.717, 1.165) is 69.1 Å². The summed E-state index contributed by atoms with van der Waals surface area (Å²) in [7, 11) is 0. The normalized spacial score (nSPS) is 14.9. The van der Waals surface area contributed by atoms with E-state index >= 15 is 0 Å². The molecule has 0 N–H and O–H groups in total. The highest BCUT2D eigenvalue weighted by molar-refractivity contribution is 6.09. The maximum absolute atomic E-state index is 5.39. The fraction of sp³-hybridized carbons (Fsp3) is 0.133. The number of para-hydroxylation sites is 3. The Bertz CT molecular complexity index is 2800. The fourth-order valence-electron chi connectivity index (χ4n) is 8.03. The molecule has 0 saturated carbocycles. The highest BCUT2D eigenvalue weighted by atomic mass is 15.3. The molecule has 9 nitrogen and oxygen atoms in total. The number of benzene rings is 4. The lowest BCUT2D eigenvalue weighted by molar-refractivity contribution is 0.676. The van der Waals surface area contributed by atoms with Crippen LogP contribution in [0.3, 0.4) is 0 Å². The molecule has 1 unspecified atom stereocenters. The van der Waals surface area contributed by atoms with Crippen molar-refractivity contribution in [3.8, 4) is 34.7 Å². The number of aromatic nitrogens is 9. The molecule has 4 aromatic carbocycles. The Morgan fingerprint density at radius 1 is 0.574 bits per heavy atom. The molecule has 54 heavy (non-hydrogen) atoms. The van der Waals surface area contributed by atoms with Crippen LogP contribution in [0.2, 0.25) is 0 Å². The van der Waals surface area contributed by atoms with Crippen molar-refractivity contribution in [2.24, 2.45) is 0 Å². The summed E-state index contributed by atoms with van der Waals surface area (Å²) in [5.74, 6) is 3.37. The third kappa shape index (κ3) is 5.52. The summed E-state index contributed by atoms with van der Waals surface area (Å²) in [6, 6.07) is 35.5. The van der Waals surface area contributed by atoms with Crippen LogP contribution in [0.15, 0.2) is 140 Å². The van der Waals surface area contributed by atoms with E-state index in [4.69, 9.17) is 15.0 Å². The molecule has 5 aromatic heterocycles. The number of fused-ring (bicyclic) bond motifs is 6. The molecule has 5 heterocycles. The topological polar surface area (TPSA) is 100 Å². The minimum absolute atomic E-state index is 0.375. The molecule has 0 aliphatic heterocycles. The maximum Gasteiger partial charge on any atom is 0.240 e. The Morgan fingerprint density at radius 2 is 1.15 bits per heavy atom. The van der Waals surface area contributed by atoms with Crippen LogP contribution >= 0.6 is 0 Å². The van der Waals surface area contributed by atoms with E-state index in [1.165, 1.54) is 16.6 Å². The third-order valence-electron chi connectivity index (χ3n) is 10.4. The summed E-state index contributed by atoms with van der Waals surface area (Å²) in [5, 5.41) is 3.52. The van der Waals surface area contributed by atoms with E-state index in [-0.39, 0.29) is 0 Å². The van der Waals surface area contributed by atoms with Gasteiger partial charge in [-0.25, -0.2) is 19.9 Å². The van der Waals surface area contributed by atoms with Crippen LogP contribution in [0.5, 0.6) is 0 Å². The van der Waals surface area contributed by atoms with E-state index in [2.05, 4.69) is 139 Å². The summed E-state index contributed by atoms with van der Waals surface area (Å²) in [6.45, 7) is 2.34. The largest absolute Gasteiger partial charge is 0.282 e. The molecule has 1 aliphatic rings. The first-order valence-electron chi connectivity index (χ1n) is 18.4. The van der Waals surface area contributed by atoms with Gasteiger partial charge in [0, 0.05) is 70.6 Å². The average Bonchev–Trinajstić information content (AvgIpc) is 3.73. The average molecular weight is 702 g/mol. The first kappa shape index (κ1) is 31.8. The van der Waals surface area contributed by atoms with Crippen LogP contribution in [0, 0.1) is 0 Å². The quantitative estimate of drug-likeness (QED) is 0.159. The summed E-state index contributed by atoms with van der Waals surface area (Å²) in [5.41, 5.74) is 8.39. The molecule has 9 heteroatoms. The van der Waals surface area contributed by atoms with Gasteiger partial charge in [0.25, 0.3) is 0 Å². The van der Waals surface area contributed by atoms with Gasteiger partial charge in [-0.1, -0.05) is 73.7 Å². The predicted octanol–water partition coefficient (Wildman–Crippen LogP) is 9.41. The van der Waals surface area contributed by atoms with Crippen LogP contribution in [0.25, 0.3) is 67.4 Å². The van der Waals surface area contributed by atoms with Gasteiger partial charge in [0.15, 0.2) is 11.6 Å². The lowest BCUT2D eigenvalue weighted by Crippen LogP contribution is -2.13. The summed E-state index contributed by atoms with van der Waals surface area (Å²) < 4.78 is 4.43. The van der Waals surface area contributed by atoms with Crippen LogP contribution in [0.4, 0.5) is 0 Å². The highest BCUT2D eigenvalue weighted by Gasteiger charge is 2.26. The number of hydrogen-bond donors (Lipinski definition) is 0. The Hall–Kier alpha value is -6.87. The zero-order chi connectivity index (χ0) is 36.0. The fourth-order valence-corrected chi connectivity index (χ4v) is 8.03. The number of nitrogens with zero attached hydrogens (tertiary/aromatic N) is 9. The maximum atomic E-state index is 5.39. The third-order valence-corrected chi connectivity index (χ3v) is 10.4. The van der Waals surface area contributed by atoms with Gasteiger partial charge >= 0.3 is 0 Å². The van der Waals surface area contributed by atoms with Crippen molar-refractivity contribution in [1.82, 2.24) is 44.0 Å². The Labute approximate surface area is 311 Å². The minimum Gasteiger partial charge on any atom is -0.282 e. The van der Waals surface area contributed by atoms with Crippen LogP contribution in [-0.2, 0) is 12.8 Å². The van der Waals surface area contributed by atoms with Crippen LogP contribution < -0.4 is 0 Å². The monoisotopic (exact) mass is 701 g/mol. The van der Waals surface area contributed by atoms with E-state index in [9.17, 15) is 0 Å². The summed E-state index contributed by atoms with van der Waals surface area (Å²) in [6.07, 6.45) is 15.1. The highest BCUT2D eigenvalue weighted by Crippen LogP contribution is 2.38. The van der Waals surface area contributed by atoms with Gasteiger partial charge < -0.3 is 0 Å². The second-order valence-electron chi connectivity index (χ2n) is 13.8. The zero-order valence-electron chi connectivity index (χ0n) is 29.7. The summed E-state index contributed by atoms with van der Waals surface area (Å²) in [4.78, 5) is 34.4. The standard InChI is InChI=1S/C45H35N9/c1-29-13-3-2-4-20-39-41(29)35-16-7-10-19-38(35)54(39)45-51-43(50-44(52-45)53-36-17-8-5-14-33(36)34-15-6-9-18-37(34)53)32-26-30(27-40-46-21-11-22-47-40)25-31(28-32)42-48-23-12-24-49-42/h2,4-12,14-19,21-26,28-29H,3,13,20,27H2,1H3/b4-2-. The molecular formula is C45H35N9. The van der Waals surface area contributed by atoms with E-state index in [0.29, 0.717) is 35.9 Å². The van der Waals surface area contributed by atoms with Gasteiger partial charge in [-0.3, -0.25) is 9.13 Å². The molecule has 0 radical (unpaired) electrons. The minimum atomic E-state index is 0.375. The SMILES string of the molecule is CC1CC/C=C\Cc2c1c1ccccc1n2-c1nc(-c2cc(Cc3ncccn3)cc(-c3ncccn3)c2)nc(-n2c3ccccc3c3ccccc32)n1. The van der Waals surface area contributed by atoms with E-state index in [1.54, 1.807) is 24.8 Å². The molecule has 9 aromatic rings. The van der Waals surface area contributed by atoms with Crippen molar-refractivity contribution in [2.45, 2.75) is 38.5 Å². The summed E-state index contributed by atoms with van der Waals surface area (Å²) >= 11 is 0. The van der Waals surface area contributed by atoms with Crippen molar-refractivity contribution in [3.63, 3.8) is 0 Å². The second kappa shape index (κ2) is 13.3. The molecular weight excluding hydrogens is 667 g/mol. The molecule has 1 atom stereocenters. The number of allylic oxidation sites excluding steroid dienone is 2. The Morgan fingerprint density at radius 3 is 1.83 bits per heavy atom. The number of rotatable bonds is 6. The van der Waals surface area contributed by atoms with Crippen molar-refractivity contribution < 1.29 is 0 Å². The van der Waals surface area contributed by atoms with Crippen LogP contribution in [0.1, 0.15) is 48.3 Å². The van der Waals surface area contributed by atoms with Gasteiger partial charge in [-0.2, -0.15) is 15.0 Å². The lowest BCUT2D eigenvalue weighted by Gasteiger charge is -2.17. The smallest absolute Gasteiger partial charge is 0.240 e. The molecule has 0 saturated heterocycles. The first-order chi connectivity index (χ1) is 26.7. The second-order valence-corrected chi connectivity index (χ2v) is 13.8.